The van der Waals surface area contributed by atoms with Crippen molar-refractivity contribution < 1.29 is 18.3 Å². The quantitative estimate of drug-likeness (QED) is 0.870. The second kappa shape index (κ2) is 5.93. The summed E-state index contributed by atoms with van der Waals surface area (Å²) in [5, 5.41) is 8.90. The molecule has 2 unspecified atom stereocenters. The van der Waals surface area contributed by atoms with Gasteiger partial charge in [-0.3, -0.25) is 0 Å². The molecule has 1 saturated carbocycles. The van der Waals surface area contributed by atoms with Crippen LogP contribution in [0, 0.1) is 5.92 Å². The summed E-state index contributed by atoms with van der Waals surface area (Å²) in [5.74, 6) is -0.682. The Morgan fingerprint density at radius 1 is 1.40 bits per heavy atom. The molecule has 1 aliphatic rings. The molecule has 0 aliphatic heterocycles. The lowest BCUT2D eigenvalue weighted by atomic mass is 10.1. The molecule has 0 spiro atoms. The average molecular weight is 297 g/mol. The van der Waals surface area contributed by atoms with Gasteiger partial charge in [-0.05, 0) is 42.9 Å². The van der Waals surface area contributed by atoms with Crippen molar-refractivity contribution in [2.24, 2.45) is 5.92 Å². The second-order valence-electron chi connectivity index (χ2n) is 5.50. The summed E-state index contributed by atoms with van der Waals surface area (Å²) < 4.78 is 26.9. The number of sulfonamides is 1. The van der Waals surface area contributed by atoms with Gasteiger partial charge in [0.1, 0.15) is 0 Å². The summed E-state index contributed by atoms with van der Waals surface area (Å²) in [5.41, 5.74) is 0.593. The highest BCUT2D eigenvalue weighted by Gasteiger charge is 2.25. The zero-order valence-electron chi connectivity index (χ0n) is 11.4. The van der Waals surface area contributed by atoms with Gasteiger partial charge in [0.2, 0.25) is 10.0 Å². The Labute approximate surface area is 119 Å². The lowest BCUT2D eigenvalue weighted by Crippen LogP contribution is -2.33. The number of carbonyl (C=O) groups is 1. The highest BCUT2D eigenvalue weighted by atomic mass is 32.2. The Hall–Kier alpha value is -1.40. The van der Waals surface area contributed by atoms with Gasteiger partial charge >= 0.3 is 5.97 Å². The van der Waals surface area contributed by atoms with Crippen molar-refractivity contribution >= 4 is 16.0 Å². The standard InChI is InChI=1S/C14H19NO4S/c1-10-5-6-13(7-10)15-20(18,19)9-11-3-2-4-12(8-11)14(16)17/h2-4,8,10,13,15H,5-7,9H2,1H3,(H,16,17). The van der Waals surface area contributed by atoms with Gasteiger partial charge in [-0.15, -0.1) is 0 Å². The fourth-order valence-corrected chi connectivity index (χ4v) is 4.05. The minimum Gasteiger partial charge on any atom is -0.478 e. The smallest absolute Gasteiger partial charge is 0.335 e. The van der Waals surface area contributed by atoms with Crippen LogP contribution in [0.2, 0.25) is 0 Å². The number of hydrogen-bond donors (Lipinski definition) is 2. The van der Waals surface area contributed by atoms with Crippen LogP contribution in [0.3, 0.4) is 0 Å². The van der Waals surface area contributed by atoms with Crippen LogP contribution in [0.1, 0.15) is 42.1 Å². The van der Waals surface area contributed by atoms with Gasteiger partial charge in [0, 0.05) is 6.04 Å². The van der Waals surface area contributed by atoms with Crippen molar-refractivity contribution in [3.63, 3.8) is 0 Å². The van der Waals surface area contributed by atoms with E-state index < -0.39 is 16.0 Å². The van der Waals surface area contributed by atoms with Gasteiger partial charge in [-0.1, -0.05) is 19.1 Å². The number of aromatic carboxylic acids is 1. The molecule has 0 amide bonds. The summed E-state index contributed by atoms with van der Waals surface area (Å²) in [6.45, 7) is 2.12. The minimum atomic E-state index is -3.43. The molecule has 1 fully saturated rings. The van der Waals surface area contributed by atoms with E-state index in [-0.39, 0.29) is 17.4 Å². The number of hydrogen-bond acceptors (Lipinski definition) is 3. The van der Waals surface area contributed by atoms with E-state index in [0.717, 1.165) is 19.3 Å². The normalized spacial score (nSPS) is 22.9. The molecule has 0 saturated heterocycles. The molecule has 20 heavy (non-hydrogen) atoms. The Bertz CT molecular complexity index is 597. The summed E-state index contributed by atoms with van der Waals surface area (Å²) in [6.07, 6.45) is 2.78. The molecule has 2 N–H and O–H groups in total. The topological polar surface area (TPSA) is 83.5 Å². The monoisotopic (exact) mass is 297 g/mol. The number of benzene rings is 1. The van der Waals surface area contributed by atoms with Crippen molar-refractivity contribution in [1.29, 1.82) is 0 Å². The van der Waals surface area contributed by atoms with Crippen LogP contribution in [0.4, 0.5) is 0 Å². The van der Waals surface area contributed by atoms with E-state index in [1.54, 1.807) is 12.1 Å². The number of nitrogens with one attached hydrogen (secondary N) is 1. The van der Waals surface area contributed by atoms with E-state index in [1.807, 2.05) is 0 Å². The zero-order chi connectivity index (χ0) is 14.8. The average Bonchev–Trinajstić information content (AvgIpc) is 2.73. The summed E-state index contributed by atoms with van der Waals surface area (Å²) >= 11 is 0. The van der Waals surface area contributed by atoms with Gasteiger partial charge in [0.25, 0.3) is 0 Å². The van der Waals surface area contributed by atoms with Crippen LogP contribution in [0.5, 0.6) is 0 Å². The predicted molar refractivity (Wildman–Crippen MR) is 76.0 cm³/mol. The van der Waals surface area contributed by atoms with Gasteiger partial charge in [-0.2, -0.15) is 0 Å². The van der Waals surface area contributed by atoms with Crippen molar-refractivity contribution in [2.45, 2.75) is 38.0 Å². The molecule has 1 aromatic carbocycles. The van der Waals surface area contributed by atoms with E-state index in [4.69, 9.17) is 5.11 Å². The van der Waals surface area contributed by atoms with Crippen LogP contribution in [-0.4, -0.2) is 25.5 Å². The van der Waals surface area contributed by atoms with Crippen molar-refractivity contribution in [1.82, 2.24) is 4.72 Å². The predicted octanol–water partition coefficient (Wildman–Crippen LogP) is 1.99. The third kappa shape index (κ3) is 4.05. The fourth-order valence-electron chi connectivity index (χ4n) is 2.62. The molecule has 110 valence electrons. The van der Waals surface area contributed by atoms with Crippen molar-refractivity contribution in [2.75, 3.05) is 0 Å². The lowest BCUT2D eigenvalue weighted by Gasteiger charge is -2.13. The maximum absolute atomic E-state index is 12.1. The molecule has 0 bridgehead atoms. The molecule has 0 aromatic heterocycles. The Balaban J connectivity index is 2.04. The SMILES string of the molecule is CC1CCC(NS(=O)(=O)Cc2cccc(C(=O)O)c2)C1. The van der Waals surface area contributed by atoms with E-state index in [2.05, 4.69) is 11.6 Å². The molecule has 2 rings (SSSR count). The Morgan fingerprint density at radius 2 is 2.15 bits per heavy atom. The largest absolute Gasteiger partial charge is 0.478 e. The Morgan fingerprint density at radius 3 is 2.75 bits per heavy atom. The van der Waals surface area contributed by atoms with E-state index in [1.165, 1.54) is 12.1 Å². The van der Waals surface area contributed by atoms with Crippen LogP contribution in [-0.2, 0) is 15.8 Å². The van der Waals surface area contributed by atoms with Gasteiger partial charge in [0.05, 0.1) is 11.3 Å². The van der Waals surface area contributed by atoms with E-state index in [0.29, 0.717) is 11.5 Å². The lowest BCUT2D eigenvalue weighted by molar-refractivity contribution is 0.0696. The second-order valence-corrected chi connectivity index (χ2v) is 7.25. The first-order valence-corrected chi connectivity index (χ1v) is 8.33. The number of carboxylic acids is 1. The molecule has 0 radical (unpaired) electrons. The first kappa shape index (κ1) is 15.0. The fraction of sp³-hybridized carbons (Fsp3) is 0.500. The van der Waals surface area contributed by atoms with E-state index >= 15 is 0 Å². The highest BCUT2D eigenvalue weighted by Crippen LogP contribution is 2.25. The summed E-state index contributed by atoms with van der Waals surface area (Å²) in [7, 11) is -3.43. The van der Waals surface area contributed by atoms with Gasteiger partial charge in [0.15, 0.2) is 0 Å². The molecular weight excluding hydrogens is 278 g/mol. The van der Waals surface area contributed by atoms with Gasteiger partial charge < -0.3 is 5.11 Å². The Kier molecular flexibility index (Phi) is 4.45. The maximum atomic E-state index is 12.1. The summed E-state index contributed by atoms with van der Waals surface area (Å²) in [4.78, 5) is 10.9. The van der Waals surface area contributed by atoms with Crippen LogP contribution < -0.4 is 4.72 Å². The van der Waals surface area contributed by atoms with Crippen LogP contribution >= 0.6 is 0 Å². The molecule has 1 aromatic rings. The van der Waals surface area contributed by atoms with Crippen molar-refractivity contribution in [3.05, 3.63) is 35.4 Å². The maximum Gasteiger partial charge on any atom is 0.335 e. The third-order valence-electron chi connectivity index (χ3n) is 3.57. The first-order chi connectivity index (χ1) is 9.35. The molecule has 2 atom stereocenters. The molecule has 1 aliphatic carbocycles. The molecule has 5 nitrogen and oxygen atoms in total. The minimum absolute atomic E-state index is 0.0117. The molecule has 0 heterocycles. The molecule has 6 heteroatoms. The van der Waals surface area contributed by atoms with Gasteiger partial charge in [-0.25, -0.2) is 17.9 Å². The highest BCUT2D eigenvalue weighted by molar-refractivity contribution is 7.88. The third-order valence-corrected chi connectivity index (χ3v) is 4.98. The van der Waals surface area contributed by atoms with Crippen LogP contribution in [0.15, 0.2) is 24.3 Å². The van der Waals surface area contributed by atoms with E-state index in [9.17, 15) is 13.2 Å². The number of carboxylic acid groups (broad SMARTS) is 1. The van der Waals surface area contributed by atoms with Crippen LogP contribution in [0.25, 0.3) is 0 Å². The molecular formula is C14H19NO4S. The zero-order valence-corrected chi connectivity index (χ0v) is 12.2. The summed E-state index contributed by atoms with van der Waals surface area (Å²) in [6, 6.07) is 6.05. The number of rotatable bonds is 5. The first-order valence-electron chi connectivity index (χ1n) is 6.68. The van der Waals surface area contributed by atoms with Crippen molar-refractivity contribution in [3.8, 4) is 0 Å².